The molecule has 0 atom stereocenters. The molecular weight excluding hydrogens is 488 g/mol. The number of fused-ring (bicyclic) bond motifs is 3. The molecule has 1 aliphatic carbocycles. The lowest BCUT2D eigenvalue weighted by Crippen LogP contribution is -2.33. The fraction of sp³-hybridized carbons (Fsp3) is 0.351. The predicted octanol–water partition coefficient (Wildman–Crippen LogP) is 7.04. The Balaban J connectivity index is 1.47. The van der Waals surface area contributed by atoms with Crippen LogP contribution in [0.5, 0.6) is 0 Å². The van der Waals surface area contributed by atoms with Gasteiger partial charge in [0.2, 0.25) is 0 Å². The van der Waals surface area contributed by atoms with Gasteiger partial charge in [-0.05, 0) is 64.5 Å². The average molecular weight is 535 g/mol. The van der Waals surface area contributed by atoms with E-state index in [1.807, 2.05) is 0 Å². The van der Waals surface area contributed by atoms with E-state index >= 15 is 0 Å². The van der Waals surface area contributed by atoms with Crippen molar-refractivity contribution in [1.82, 2.24) is 0 Å². The van der Waals surface area contributed by atoms with Gasteiger partial charge >= 0.3 is 0 Å². The summed E-state index contributed by atoms with van der Waals surface area (Å²) < 4.78 is 0. The number of benzene rings is 2. The number of allylic oxidation sites excluding steroid dienone is 10. The first-order valence-electron chi connectivity index (χ1n) is 14.7. The van der Waals surface area contributed by atoms with Crippen molar-refractivity contribution in [2.24, 2.45) is 0 Å². The van der Waals surface area contributed by atoms with Crippen molar-refractivity contribution >= 4 is 23.5 Å². The van der Waals surface area contributed by atoms with Crippen LogP contribution in [0.15, 0.2) is 96.8 Å². The Hall–Kier alpha value is -3.56. The first kappa shape index (κ1) is 29.4. The minimum Gasteiger partial charge on any atom is -0.395 e. The van der Waals surface area contributed by atoms with Gasteiger partial charge in [-0.1, -0.05) is 120 Å². The van der Waals surface area contributed by atoms with Gasteiger partial charge in [0.15, 0.2) is 0 Å². The van der Waals surface area contributed by atoms with Gasteiger partial charge in [0, 0.05) is 35.6 Å². The van der Waals surface area contributed by atoms with Crippen LogP contribution < -0.4 is 20.7 Å². The zero-order valence-electron chi connectivity index (χ0n) is 25.0. The van der Waals surface area contributed by atoms with Gasteiger partial charge in [-0.3, -0.25) is 0 Å². The van der Waals surface area contributed by atoms with E-state index in [0.29, 0.717) is 6.54 Å². The van der Waals surface area contributed by atoms with Crippen LogP contribution in [0.4, 0.5) is 11.4 Å². The van der Waals surface area contributed by atoms with Crippen molar-refractivity contribution < 1.29 is 5.11 Å². The number of hydrogen-bond donors (Lipinski definition) is 2. The molecule has 2 aliphatic rings. The van der Waals surface area contributed by atoms with Gasteiger partial charge < -0.3 is 15.3 Å². The number of nitrogens with one attached hydrogen (secondary N) is 1. The Labute approximate surface area is 241 Å². The maximum Gasteiger partial charge on any atom is 0.0610 e. The third kappa shape index (κ3) is 6.42. The van der Waals surface area contributed by atoms with Crippen LogP contribution in [0, 0.1) is 0 Å². The maximum absolute atomic E-state index is 9.86. The fourth-order valence-corrected chi connectivity index (χ4v) is 5.91. The Morgan fingerprint density at radius 2 is 1.80 bits per heavy atom. The van der Waals surface area contributed by atoms with Gasteiger partial charge in [-0.2, -0.15) is 0 Å². The third-order valence-electron chi connectivity index (χ3n) is 7.99. The molecule has 0 amide bonds. The molecule has 2 aromatic carbocycles. The molecule has 210 valence electrons. The van der Waals surface area contributed by atoms with Crippen molar-refractivity contribution in [2.45, 2.75) is 64.7 Å². The zero-order valence-corrected chi connectivity index (χ0v) is 25.0. The lowest BCUT2D eigenvalue weighted by atomic mass is 9.80. The fourth-order valence-electron chi connectivity index (χ4n) is 5.91. The second-order valence-corrected chi connectivity index (χ2v) is 11.8. The molecule has 1 aliphatic heterocycles. The minimum absolute atomic E-state index is 0.0460. The van der Waals surface area contributed by atoms with Crippen LogP contribution in [0.25, 0.3) is 12.2 Å². The SMILES string of the molecule is CCCNc1ccccc1C(C)(C)C/C=C/C=C/C=C/C=C1/N(CCO)c2ccc3c(c2C1(C)C)=CC=CCC=3. The van der Waals surface area contributed by atoms with Crippen LogP contribution in [0.2, 0.25) is 0 Å². The van der Waals surface area contributed by atoms with E-state index in [1.165, 1.54) is 38.6 Å². The predicted molar refractivity (Wildman–Crippen MR) is 174 cm³/mol. The van der Waals surface area contributed by atoms with E-state index in [9.17, 15) is 5.11 Å². The largest absolute Gasteiger partial charge is 0.395 e. The number of anilines is 2. The first-order valence-corrected chi connectivity index (χ1v) is 14.7. The van der Waals surface area contributed by atoms with Gasteiger partial charge in [0.1, 0.15) is 0 Å². The van der Waals surface area contributed by atoms with Crippen LogP contribution >= 0.6 is 0 Å². The number of aliphatic hydroxyl groups is 1. The highest BCUT2D eigenvalue weighted by atomic mass is 16.3. The molecule has 2 N–H and O–H groups in total. The second kappa shape index (κ2) is 13.2. The maximum atomic E-state index is 9.86. The quantitative estimate of drug-likeness (QED) is 0.304. The Morgan fingerprint density at radius 1 is 1.02 bits per heavy atom. The molecule has 4 rings (SSSR count). The number of aliphatic hydroxyl groups excluding tert-OH is 1. The van der Waals surface area contributed by atoms with Crippen molar-refractivity contribution in [3.05, 3.63) is 118 Å². The standard InChI is InChI=1S/C37H46N2O/c1-6-26-38-32-21-16-15-20-31(32)36(2,3)25-17-10-8-7-9-14-22-34-37(4,5)35-30-19-13-11-12-18-29(30)23-24-33(35)39(34)27-28-40/h7-11,13-24,38,40H,6,12,25-28H2,1-5H3/b8-7+,14-9+,17-10+,34-22+. The summed E-state index contributed by atoms with van der Waals surface area (Å²) in [5.41, 5.74) is 6.23. The highest BCUT2D eigenvalue weighted by Crippen LogP contribution is 2.45. The zero-order chi connectivity index (χ0) is 28.6. The molecule has 0 saturated heterocycles. The third-order valence-corrected chi connectivity index (χ3v) is 7.99. The number of nitrogens with zero attached hydrogens (tertiary/aromatic N) is 1. The Bertz CT molecular complexity index is 1450. The summed E-state index contributed by atoms with van der Waals surface area (Å²) in [6, 6.07) is 13.1. The highest BCUT2D eigenvalue weighted by molar-refractivity contribution is 5.73. The monoisotopic (exact) mass is 534 g/mol. The smallest absolute Gasteiger partial charge is 0.0610 e. The first-order chi connectivity index (χ1) is 19.3. The molecular formula is C37H46N2O. The Kier molecular flexibility index (Phi) is 9.71. The summed E-state index contributed by atoms with van der Waals surface area (Å²) in [5.74, 6) is 0. The summed E-state index contributed by atoms with van der Waals surface area (Å²) in [5, 5.41) is 16.0. The molecule has 0 fully saturated rings. The van der Waals surface area contributed by atoms with E-state index in [1.54, 1.807) is 0 Å². The molecule has 3 heteroatoms. The summed E-state index contributed by atoms with van der Waals surface area (Å²) in [7, 11) is 0. The molecule has 0 bridgehead atoms. The molecule has 40 heavy (non-hydrogen) atoms. The topological polar surface area (TPSA) is 35.5 Å². The Morgan fingerprint density at radius 3 is 2.60 bits per heavy atom. The number of para-hydroxylation sites is 1. The number of hydrogen-bond acceptors (Lipinski definition) is 3. The van der Waals surface area contributed by atoms with Crippen LogP contribution in [-0.2, 0) is 10.8 Å². The molecule has 2 aromatic rings. The molecule has 1 heterocycles. The molecule has 0 saturated carbocycles. The van der Waals surface area contributed by atoms with E-state index in [0.717, 1.165) is 25.8 Å². The van der Waals surface area contributed by atoms with Crippen molar-refractivity contribution in [3.8, 4) is 0 Å². The van der Waals surface area contributed by atoms with Crippen LogP contribution in [0.1, 0.15) is 65.0 Å². The summed E-state index contributed by atoms with van der Waals surface area (Å²) in [4.78, 5) is 2.28. The number of rotatable bonds is 11. The van der Waals surface area contributed by atoms with Crippen molar-refractivity contribution in [1.29, 1.82) is 0 Å². The van der Waals surface area contributed by atoms with Crippen LogP contribution in [0.3, 0.4) is 0 Å². The second-order valence-electron chi connectivity index (χ2n) is 11.8. The molecule has 0 radical (unpaired) electrons. The van der Waals surface area contributed by atoms with Gasteiger partial charge in [-0.25, -0.2) is 0 Å². The molecule has 0 spiro atoms. The van der Waals surface area contributed by atoms with E-state index < -0.39 is 0 Å². The highest BCUT2D eigenvalue weighted by Gasteiger charge is 2.40. The van der Waals surface area contributed by atoms with Crippen molar-refractivity contribution in [2.75, 3.05) is 29.9 Å². The van der Waals surface area contributed by atoms with Gasteiger partial charge in [-0.15, -0.1) is 0 Å². The normalized spacial score (nSPS) is 17.4. The molecule has 0 aromatic heterocycles. The summed E-state index contributed by atoms with van der Waals surface area (Å²) in [6.07, 6.45) is 26.9. The lowest BCUT2D eigenvalue weighted by molar-refractivity contribution is 0.304. The van der Waals surface area contributed by atoms with E-state index in [-0.39, 0.29) is 17.4 Å². The van der Waals surface area contributed by atoms with Crippen molar-refractivity contribution in [3.63, 3.8) is 0 Å². The van der Waals surface area contributed by atoms with Gasteiger partial charge in [0.05, 0.1) is 6.61 Å². The van der Waals surface area contributed by atoms with Crippen LogP contribution in [-0.4, -0.2) is 24.8 Å². The van der Waals surface area contributed by atoms with Gasteiger partial charge in [0.25, 0.3) is 0 Å². The number of β-amino-alcohol motifs (C(OH)–C–C–N with tert-alkyl or cyclic N) is 1. The average Bonchev–Trinajstić information content (AvgIpc) is 3.08. The van der Waals surface area contributed by atoms with E-state index in [2.05, 4.69) is 148 Å². The molecule has 0 unspecified atom stereocenters. The summed E-state index contributed by atoms with van der Waals surface area (Å²) >= 11 is 0. The summed E-state index contributed by atoms with van der Waals surface area (Å²) in [6.45, 7) is 13.1. The minimum atomic E-state index is -0.166. The molecule has 3 nitrogen and oxygen atoms in total. The lowest BCUT2D eigenvalue weighted by Gasteiger charge is -2.27. The van der Waals surface area contributed by atoms with E-state index in [4.69, 9.17) is 0 Å².